The number of aromatic amines is 1. The Balaban J connectivity index is 2.41. The van der Waals surface area contributed by atoms with Gasteiger partial charge in [0.05, 0.1) is 5.56 Å². The van der Waals surface area contributed by atoms with Gasteiger partial charge in [0.15, 0.2) is 5.82 Å². The largest absolute Gasteiger partial charge is 0.417 e. The van der Waals surface area contributed by atoms with Crippen molar-refractivity contribution in [1.82, 2.24) is 25.2 Å². The fraction of sp³-hybridized carbons (Fsp3) is 0.143. The number of tetrazole rings is 1. The second kappa shape index (κ2) is 3.43. The van der Waals surface area contributed by atoms with E-state index in [0.717, 1.165) is 16.8 Å². The lowest BCUT2D eigenvalue weighted by Crippen LogP contribution is -2.17. The van der Waals surface area contributed by atoms with Gasteiger partial charge in [-0.15, -0.1) is 4.68 Å². The molecule has 9 heteroatoms. The monoisotopic (exact) mass is 231 g/mol. The number of nitrogens with zero attached hydrogens (tertiary/aromatic N) is 4. The van der Waals surface area contributed by atoms with Crippen LogP contribution in [0.25, 0.3) is 5.82 Å². The number of rotatable bonds is 1. The Morgan fingerprint density at radius 2 is 2.06 bits per heavy atom. The molecule has 0 saturated carbocycles. The van der Waals surface area contributed by atoms with Gasteiger partial charge in [-0.25, -0.2) is 14.9 Å². The Morgan fingerprint density at radius 3 is 2.50 bits per heavy atom. The summed E-state index contributed by atoms with van der Waals surface area (Å²) in [6, 6.07) is 1.84. The highest BCUT2D eigenvalue weighted by Gasteiger charge is 2.30. The smallest absolute Gasteiger partial charge is 0.244 e. The van der Waals surface area contributed by atoms with Crippen molar-refractivity contribution in [2.45, 2.75) is 6.18 Å². The van der Waals surface area contributed by atoms with Crippen LogP contribution in [0.1, 0.15) is 5.56 Å². The molecular weight excluding hydrogens is 227 g/mol. The van der Waals surface area contributed by atoms with Crippen molar-refractivity contribution in [1.29, 1.82) is 0 Å². The van der Waals surface area contributed by atoms with Crippen LogP contribution in [0.4, 0.5) is 13.2 Å². The molecule has 84 valence electrons. The third-order valence-electron chi connectivity index (χ3n) is 1.76. The van der Waals surface area contributed by atoms with Crippen molar-refractivity contribution >= 4 is 0 Å². The molecule has 0 aliphatic rings. The van der Waals surface area contributed by atoms with Crippen molar-refractivity contribution in [2.75, 3.05) is 0 Å². The van der Waals surface area contributed by atoms with Crippen LogP contribution in [-0.2, 0) is 6.18 Å². The first-order valence-corrected chi connectivity index (χ1v) is 4.02. The first-order valence-electron chi connectivity index (χ1n) is 4.02. The van der Waals surface area contributed by atoms with Gasteiger partial charge in [0.2, 0.25) is 0 Å². The number of hydrogen-bond donors (Lipinski definition) is 1. The molecule has 2 rings (SSSR count). The van der Waals surface area contributed by atoms with Gasteiger partial charge >= 0.3 is 11.9 Å². The molecule has 0 spiro atoms. The van der Waals surface area contributed by atoms with Crippen molar-refractivity contribution in [3.05, 3.63) is 34.4 Å². The summed E-state index contributed by atoms with van der Waals surface area (Å²) < 4.78 is 37.3. The molecule has 0 saturated heterocycles. The zero-order chi connectivity index (χ0) is 11.8. The van der Waals surface area contributed by atoms with E-state index in [1.165, 1.54) is 0 Å². The van der Waals surface area contributed by atoms with Crippen LogP contribution in [0, 0.1) is 0 Å². The topological polar surface area (TPSA) is 76.5 Å². The van der Waals surface area contributed by atoms with Crippen molar-refractivity contribution in [2.24, 2.45) is 0 Å². The number of pyridine rings is 1. The summed E-state index contributed by atoms with van der Waals surface area (Å²) in [6.45, 7) is 0. The maximum absolute atomic E-state index is 12.2. The molecule has 0 aromatic carbocycles. The summed E-state index contributed by atoms with van der Waals surface area (Å²) in [5, 5.41) is 8.51. The van der Waals surface area contributed by atoms with E-state index in [1.54, 1.807) is 0 Å². The molecule has 0 bridgehead atoms. The first kappa shape index (κ1) is 10.3. The lowest BCUT2D eigenvalue weighted by atomic mass is 10.3. The molecule has 2 heterocycles. The summed E-state index contributed by atoms with van der Waals surface area (Å²) in [4.78, 5) is 14.5. The van der Waals surface area contributed by atoms with Crippen molar-refractivity contribution in [3.63, 3.8) is 0 Å². The molecular formula is C7H4F3N5O. The van der Waals surface area contributed by atoms with Gasteiger partial charge in [-0.1, -0.05) is 0 Å². The fourth-order valence-corrected chi connectivity index (χ4v) is 1.03. The minimum absolute atomic E-state index is 0.0354. The Hall–Kier alpha value is -2.19. The average Bonchev–Trinajstić information content (AvgIpc) is 2.63. The number of nitrogens with one attached hydrogen (secondary N) is 1. The number of halogens is 3. The fourth-order valence-electron chi connectivity index (χ4n) is 1.03. The van der Waals surface area contributed by atoms with Crippen LogP contribution in [0.3, 0.4) is 0 Å². The maximum Gasteiger partial charge on any atom is 0.417 e. The molecule has 2 aromatic rings. The Labute approximate surface area is 85.7 Å². The van der Waals surface area contributed by atoms with Gasteiger partial charge in [0, 0.05) is 6.20 Å². The van der Waals surface area contributed by atoms with Gasteiger partial charge in [0.1, 0.15) is 0 Å². The predicted molar refractivity (Wildman–Crippen MR) is 44.8 cm³/mol. The van der Waals surface area contributed by atoms with Gasteiger partial charge in [-0.05, 0) is 22.6 Å². The Kier molecular flexibility index (Phi) is 2.22. The molecule has 6 nitrogen and oxygen atoms in total. The summed E-state index contributed by atoms with van der Waals surface area (Å²) in [6.07, 6.45) is -3.84. The lowest BCUT2D eigenvalue weighted by molar-refractivity contribution is -0.137. The molecule has 0 atom stereocenters. The summed E-state index contributed by atoms with van der Waals surface area (Å²) in [5.41, 5.74) is -1.57. The molecule has 0 aliphatic carbocycles. The molecule has 0 fully saturated rings. The second-order valence-corrected chi connectivity index (χ2v) is 2.82. The summed E-state index contributed by atoms with van der Waals surface area (Å²) in [5.74, 6) is -0.0354. The standard InChI is InChI=1S/C7H4F3N5O/c8-7(9,10)4-1-2-5(11-3-4)15-6(16)12-13-14-15/h1-3H,(H,12,14,16). The molecule has 16 heavy (non-hydrogen) atoms. The van der Waals surface area contributed by atoms with Crippen LogP contribution in [-0.4, -0.2) is 25.2 Å². The Morgan fingerprint density at radius 1 is 1.31 bits per heavy atom. The van der Waals surface area contributed by atoms with E-state index in [2.05, 4.69) is 15.4 Å². The molecule has 0 radical (unpaired) electrons. The number of alkyl halides is 3. The van der Waals surface area contributed by atoms with Crippen LogP contribution in [0.2, 0.25) is 0 Å². The highest BCUT2D eigenvalue weighted by molar-refractivity contribution is 5.24. The SMILES string of the molecule is O=c1[nH]nnn1-c1ccc(C(F)(F)F)cn1. The van der Waals surface area contributed by atoms with E-state index in [4.69, 9.17) is 0 Å². The zero-order valence-corrected chi connectivity index (χ0v) is 7.56. The highest BCUT2D eigenvalue weighted by Crippen LogP contribution is 2.28. The number of hydrogen-bond acceptors (Lipinski definition) is 4. The normalized spacial score (nSPS) is 11.7. The van der Waals surface area contributed by atoms with E-state index < -0.39 is 17.4 Å². The molecule has 2 aromatic heterocycles. The molecule has 1 N–H and O–H groups in total. The van der Waals surface area contributed by atoms with E-state index in [-0.39, 0.29) is 5.82 Å². The zero-order valence-electron chi connectivity index (χ0n) is 7.56. The average molecular weight is 231 g/mol. The first-order chi connectivity index (χ1) is 7.48. The predicted octanol–water partition coefficient (Wildman–Crippen LogP) is 0.369. The van der Waals surface area contributed by atoms with Crippen LogP contribution < -0.4 is 5.69 Å². The molecule has 0 unspecified atom stereocenters. The van der Waals surface area contributed by atoms with E-state index >= 15 is 0 Å². The highest BCUT2D eigenvalue weighted by atomic mass is 19.4. The van der Waals surface area contributed by atoms with Crippen LogP contribution in [0.15, 0.2) is 23.1 Å². The van der Waals surface area contributed by atoms with Gasteiger partial charge in [-0.2, -0.15) is 13.2 Å². The third kappa shape index (κ3) is 1.78. The minimum Gasteiger partial charge on any atom is -0.244 e. The van der Waals surface area contributed by atoms with Crippen molar-refractivity contribution in [3.8, 4) is 5.82 Å². The summed E-state index contributed by atoms with van der Waals surface area (Å²) in [7, 11) is 0. The van der Waals surface area contributed by atoms with Gasteiger partial charge < -0.3 is 0 Å². The quantitative estimate of drug-likeness (QED) is 0.769. The second-order valence-electron chi connectivity index (χ2n) is 2.82. The summed E-state index contributed by atoms with van der Waals surface area (Å²) >= 11 is 0. The Bertz CT molecular complexity index is 540. The van der Waals surface area contributed by atoms with E-state index in [1.807, 2.05) is 5.10 Å². The number of aromatic nitrogens is 5. The van der Waals surface area contributed by atoms with Crippen molar-refractivity contribution < 1.29 is 13.2 Å². The van der Waals surface area contributed by atoms with Crippen LogP contribution in [0.5, 0.6) is 0 Å². The third-order valence-corrected chi connectivity index (χ3v) is 1.76. The minimum atomic E-state index is -4.46. The molecule has 0 aliphatic heterocycles. The molecule has 0 amide bonds. The van der Waals surface area contributed by atoms with E-state index in [0.29, 0.717) is 6.20 Å². The van der Waals surface area contributed by atoms with Crippen LogP contribution >= 0.6 is 0 Å². The van der Waals surface area contributed by atoms with Gasteiger partial charge in [-0.3, -0.25) is 0 Å². The number of H-pyrrole nitrogens is 1. The maximum atomic E-state index is 12.2. The van der Waals surface area contributed by atoms with E-state index in [9.17, 15) is 18.0 Å². The lowest BCUT2D eigenvalue weighted by Gasteiger charge is -2.05. The van der Waals surface area contributed by atoms with Gasteiger partial charge in [0.25, 0.3) is 0 Å².